The standard InChI is InChI=1S/C13H16N4O3S2/c1-9-3-5-10(6-4-9)7-8-11(18)14-12-15-16-13(21-12)17-22(2,19)20/h3-6H,7-8H2,1-2H3,(H,16,17)(H,14,15,18). The number of sulfonamides is 1. The summed E-state index contributed by atoms with van der Waals surface area (Å²) in [6.45, 7) is 2.01. The minimum absolute atomic E-state index is 0.122. The van der Waals surface area contributed by atoms with E-state index in [0.29, 0.717) is 12.8 Å². The molecule has 0 atom stereocenters. The maximum atomic E-state index is 11.8. The summed E-state index contributed by atoms with van der Waals surface area (Å²) in [6.07, 6.45) is 1.96. The van der Waals surface area contributed by atoms with Crippen LogP contribution in [0.5, 0.6) is 0 Å². The molecule has 0 aliphatic heterocycles. The van der Waals surface area contributed by atoms with Crippen molar-refractivity contribution in [2.24, 2.45) is 0 Å². The smallest absolute Gasteiger partial charge is 0.231 e. The van der Waals surface area contributed by atoms with Crippen LogP contribution in [0.3, 0.4) is 0 Å². The zero-order chi connectivity index (χ0) is 16.2. The van der Waals surface area contributed by atoms with E-state index in [9.17, 15) is 13.2 Å². The molecule has 0 aliphatic carbocycles. The van der Waals surface area contributed by atoms with E-state index in [2.05, 4.69) is 20.2 Å². The van der Waals surface area contributed by atoms with E-state index in [1.54, 1.807) is 0 Å². The van der Waals surface area contributed by atoms with Crippen molar-refractivity contribution in [2.45, 2.75) is 19.8 Å². The number of nitrogens with zero attached hydrogens (tertiary/aromatic N) is 2. The lowest BCUT2D eigenvalue weighted by Crippen LogP contribution is -2.12. The summed E-state index contributed by atoms with van der Waals surface area (Å²) in [5.74, 6) is -0.192. The molecular weight excluding hydrogens is 324 g/mol. The van der Waals surface area contributed by atoms with Gasteiger partial charge in [0.25, 0.3) is 0 Å². The molecule has 0 radical (unpaired) electrons. The topological polar surface area (TPSA) is 101 Å². The van der Waals surface area contributed by atoms with E-state index in [0.717, 1.165) is 23.2 Å². The van der Waals surface area contributed by atoms with E-state index in [4.69, 9.17) is 0 Å². The summed E-state index contributed by atoms with van der Waals surface area (Å²) < 4.78 is 24.3. The van der Waals surface area contributed by atoms with Crippen molar-refractivity contribution in [2.75, 3.05) is 16.3 Å². The highest BCUT2D eigenvalue weighted by molar-refractivity contribution is 7.92. The van der Waals surface area contributed by atoms with Crippen LogP contribution in [0.15, 0.2) is 24.3 Å². The van der Waals surface area contributed by atoms with Gasteiger partial charge in [-0.3, -0.25) is 9.52 Å². The molecule has 118 valence electrons. The van der Waals surface area contributed by atoms with Crippen molar-refractivity contribution >= 4 is 37.5 Å². The Bertz CT molecular complexity index is 754. The van der Waals surface area contributed by atoms with Gasteiger partial charge in [-0.25, -0.2) is 8.42 Å². The zero-order valence-corrected chi connectivity index (χ0v) is 13.8. The van der Waals surface area contributed by atoms with E-state index in [1.165, 1.54) is 5.56 Å². The normalized spacial score (nSPS) is 11.2. The van der Waals surface area contributed by atoms with Gasteiger partial charge >= 0.3 is 0 Å². The molecule has 0 bridgehead atoms. The second-order valence-electron chi connectivity index (χ2n) is 4.82. The van der Waals surface area contributed by atoms with E-state index in [-0.39, 0.29) is 16.2 Å². The second-order valence-corrected chi connectivity index (χ2v) is 7.55. The fourth-order valence-corrected chi connectivity index (χ4v) is 3.16. The fraction of sp³-hybridized carbons (Fsp3) is 0.308. The number of aromatic nitrogens is 2. The van der Waals surface area contributed by atoms with Gasteiger partial charge in [0, 0.05) is 6.42 Å². The lowest BCUT2D eigenvalue weighted by Gasteiger charge is -2.02. The first-order valence-electron chi connectivity index (χ1n) is 6.48. The number of rotatable bonds is 6. The number of carbonyl (C=O) groups excluding carboxylic acids is 1. The summed E-state index contributed by atoms with van der Waals surface area (Å²) in [5, 5.41) is 10.3. The molecule has 0 aliphatic rings. The highest BCUT2D eigenvalue weighted by Gasteiger charge is 2.11. The Morgan fingerprint density at radius 3 is 2.45 bits per heavy atom. The third-order valence-electron chi connectivity index (χ3n) is 2.71. The maximum Gasteiger partial charge on any atom is 0.231 e. The van der Waals surface area contributed by atoms with Crippen LogP contribution in [0.4, 0.5) is 10.3 Å². The molecule has 0 saturated carbocycles. The van der Waals surface area contributed by atoms with Crippen LogP contribution < -0.4 is 10.0 Å². The molecule has 0 spiro atoms. The van der Waals surface area contributed by atoms with Gasteiger partial charge in [-0.1, -0.05) is 41.2 Å². The van der Waals surface area contributed by atoms with Crippen molar-refractivity contribution in [1.82, 2.24) is 10.2 Å². The van der Waals surface area contributed by atoms with Crippen LogP contribution in [-0.2, 0) is 21.2 Å². The van der Waals surface area contributed by atoms with Crippen LogP contribution in [0.2, 0.25) is 0 Å². The molecule has 1 aromatic heterocycles. The fourth-order valence-electron chi connectivity index (χ4n) is 1.67. The number of nitrogens with one attached hydrogen (secondary N) is 2. The Morgan fingerprint density at radius 2 is 1.82 bits per heavy atom. The van der Waals surface area contributed by atoms with Crippen molar-refractivity contribution in [1.29, 1.82) is 0 Å². The van der Waals surface area contributed by atoms with Gasteiger partial charge in [0.2, 0.25) is 26.2 Å². The predicted octanol–water partition coefficient (Wildman–Crippen LogP) is 1.79. The predicted molar refractivity (Wildman–Crippen MR) is 86.5 cm³/mol. The number of benzene rings is 1. The van der Waals surface area contributed by atoms with Crippen LogP contribution in [0, 0.1) is 6.92 Å². The van der Waals surface area contributed by atoms with Crippen molar-refractivity contribution in [3.8, 4) is 0 Å². The third kappa shape index (κ3) is 5.41. The Morgan fingerprint density at radius 1 is 1.18 bits per heavy atom. The monoisotopic (exact) mass is 340 g/mol. The maximum absolute atomic E-state index is 11.8. The van der Waals surface area contributed by atoms with Gasteiger partial charge in [-0.05, 0) is 18.9 Å². The van der Waals surface area contributed by atoms with Gasteiger partial charge in [0.15, 0.2) is 0 Å². The third-order valence-corrected chi connectivity index (χ3v) is 4.15. The number of aryl methyl sites for hydroxylation is 2. The minimum atomic E-state index is -3.40. The van der Waals surface area contributed by atoms with Gasteiger partial charge < -0.3 is 5.32 Å². The summed E-state index contributed by atoms with van der Waals surface area (Å²) in [7, 11) is -3.40. The molecule has 1 amide bonds. The summed E-state index contributed by atoms with van der Waals surface area (Å²) in [6, 6.07) is 7.98. The van der Waals surface area contributed by atoms with Gasteiger partial charge in [-0.15, -0.1) is 10.2 Å². The molecule has 9 heteroatoms. The SMILES string of the molecule is Cc1ccc(CCC(=O)Nc2nnc(NS(C)(=O)=O)s2)cc1. The Kier molecular flexibility index (Phi) is 5.09. The first-order valence-corrected chi connectivity index (χ1v) is 9.19. The van der Waals surface area contributed by atoms with Gasteiger partial charge in [0.05, 0.1) is 6.26 Å². The first-order chi connectivity index (χ1) is 10.3. The first kappa shape index (κ1) is 16.4. The summed E-state index contributed by atoms with van der Waals surface area (Å²) in [5.41, 5.74) is 2.26. The van der Waals surface area contributed by atoms with Crippen LogP contribution >= 0.6 is 11.3 Å². The zero-order valence-electron chi connectivity index (χ0n) is 12.2. The molecule has 2 N–H and O–H groups in total. The van der Waals surface area contributed by atoms with Crippen LogP contribution in [-0.4, -0.2) is 30.8 Å². The van der Waals surface area contributed by atoms with E-state index in [1.807, 2.05) is 31.2 Å². The molecule has 0 unspecified atom stereocenters. The largest absolute Gasteiger partial charge is 0.300 e. The van der Waals surface area contributed by atoms with E-state index >= 15 is 0 Å². The average Bonchev–Trinajstić information content (AvgIpc) is 2.83. The molecule has 2 aromatic rings. The summed E-state index contributed by atoms with van der Waals surface area (Å²) in [4.78, 5) is 11.8. The molecule has 1 aromatic carbocycles. The molecule has 2 rings (SSSR count). The molecule has 0 fully saturated rings. The van der Waals surface area contributed by atoms with Crippen molar-refractivity contribution < 1.29 is 13.2 Å². The average molecular weight is 340 g/mol. The number of anilines is 2. The number of amides is 1. The quantitative estimate of drug-likeness (QED) is 0.835. The number of hydrogen-bond donors (Lipinski definition) is 2. The Hall–Kier alpha value is -2.00. The highest BCUT2D eigenvalue weighted by atomic mass is 32.2. The molecule has 22 heavy (non-hydrogen) atoms. The van der Waals surface area contributed by atoms with Crippen LogP contribution in [0.25, 0.3) is 0 Å². The Labute approximate surface area is 132 Å². The second kappa shape index (κ2) is 6.84. The molecule has 0 saturated heterocycles. The van der Waals surface area contributed by atoms with Crippen LogP contribution in [0.1, 0.15) is 17.5 Å². The van der Waals surface area contributed by atoms with Gasteiger partial charge in [0.1, 0.15) is 0 Å². The van der Waals surface area contributed by atoms with Gasteiger partial charge in [-0.2, -0.15) is 0 Å². The van der Waals surface area contributed by atoms with E-state index < -0.39 is 10.0 Å². The van der Waals surface area contributed by atoms with Crippen molar-refractivity contribution in [3.05, 3.63) is 35.4 Å². The van der Waals surface area contributed by atoms with Crippen molar-refractivity contribution in [3.63, 3.8) is 0 Å². The molecule has 1 heterocycles. The lowest BCUT2D eigenvalue weighted by atomic mass is 10.1. The summed E-state index contributed by atoms with van der Waals surface area (Å²) >= 11 is 0.967. The highest BCUT2D eigenvalue weighted by Crippen LogP contribution is 2.20. The molecule has 7 nitrogen and oxygen atoms in total. The Balaban J connectivity index is 1.85. The molecular formula is C13H16N4O3S2. The minimum Gasteiger partial charge on any atom is -0.300 e. The number of carbonyl (C=O) groups is 1. The lowest BCUT2D eigenvalue weighted by molar-refractivity contribution is -0.116. The number of hydrogen-bond acceptors (Lipinski definition) is 6.